The van der Waals surface area contributed by atoms with Gasteiger partial charge in [0, 0.05) is 40.1 Å². The van der Waals surface area contributed by atoms with E-state index in [1.54, 1.807) is 12.1 Å². The van der Waals surface area contributed by atoms with Crippen molar-refractivity contribution < 1.29 is 4.79 Å². The van der Waals surface area contributed by atoms with E-state index >= 15 is 0 Å². The third kappa shape index (κ3) is 4.78. The van der Waals surface area contributed by atoms with E-state index in [0.29, 0.717) is 18.7 Å². The molecule has 0 spiro atoms. The van der Waals surface area contributed by atoms with Crippen molar-refractivity contribution in [3.63, 3.8) is 0 Å². The monoisotopic (exact) mass is 382 g/mol. The predicted molar refractivity (Wildman–Crippen MR) is 93.6 cm³/mol. The highest BCUT2D eigenvalue weighted by Crippen LogP contribution is 2.22. The van der Waals surface area contributed by atoms with E-state index in [9.17, 15) is 4.79 Å². The Morgan fingerprint density at radius 3 is 2.73 bits per heavy atom. The maximum atomic E-state index is 12.0. The Morgan fingerprint density at radius 1 is 1.32 bits per heavy atom. The highest BCUT2D eigenvalue weighted by atomic mass is 79.9. The smallest absolute Gasteiger partial charge is 0.251 e. The molecule has 22 heavy (non-hydrogen) atoms. The Labute approximate surface area is 142 Å². The molecular formula is C15H19BrN4OS. The lowest BCUT2D eigenvalue weighted by Crippen LogP contribution is -2.28. The number of benzene rings is 1. The van der Waals surface area contributed by atoms with E-state index in [4.69, 9.17) is 0 Å². The van der Waals surface area contributed by atoms with Crippen LogP contribution < -0.4 is 10.6 Å². The molecule has 1 aromatic heterocycles. The molecule has 0 saturated carbocycles. The summed E-state index contributed by atoms with van der Waals surface area (Å²) < 4.78 is 5.22. The summed E-state index contributed by atoms with van der Waals surface area (Å²) in [5.41, 5.74) is 0.589. The fourth-order valence-electron chi connectivity index (χ4n) is 1.68. The molecule has 7 heteroatoms. The Kier molecular flexibility index (Phi) is 5.52. The number of carbonyl (C=O) groups excluding carboxylic acids is 1. The third-order valence-electron chi connectivity index (χ3n) is 2.87. The van der Waals surface area contributed by atoms with Gasteiger partial charge in [0.05, 0.1) is 0 Å². The normalized spacial score (nSPS) is 11.3. The molecule has 2 N–H and O–H groups in total. The van der Waals surface area contributed by atoms with Crippen molar-refractivity contribution in [2.75, 3.05) is 18.4 Å². The predicted octanol–water partition coefficient (Wildman–Crippen LogP) is 3.44. The molecule has 1 heterocycles. The number of nitrogens with one attached hydrogen (secondary N) is 2. The number of aromatic nitrogens is 2. The molecule has 0 fully saturated rings. The summed E-state index contributed by atoms with van der Waals surface area (Å²) in [7, 11) is 0. The molecule has 1 aromatic carbocycles. The Hall–Kier alpha value is -1.47. The van der Waals surface area contributed by atoms with E-state index < -0.39 is 0 Å². The van der Waals surface area contributed by atoms with Crippen molar-refractivity contribution in [2.45, 2.75) is 26.2 Å². The van der Waals surface area contributed by atoms with Crippen LogP contribution in [-0.2, 0) is 5.41 Å². The van der Waals surface area contributed by atoms with Gasteiger partial charge in [-0.15, -0.1) is 0 Å². The first kappa shape index (κ1) is 16.9. The second kappa shape index (κ2) is 7.19. The molecule has 5 nitrogen and oxygen atoms in total. The maximum absolute atomic E-state index is 12.0. The van der Waals surface area contributed by atoms with Crippen molar-refractivity contribution in [3.8, 4) is 0 Å². The van der Waals surface area contributed by atoms with Gasteiger partial charge in [0.1, 0.15) is 5.82 Å². The van der Waals surface area contributed by atoms with Crippen LogP contribution >= 0.6 is 27.5 Å². The van der Waals surface area contributed by atoms with Gasteiger partial charge in [0.15, 0.2) is 0 Å². The quantitative estimate of drug-likeness (QED) is 0.777. The van der Waals surface area contributed by atoms with E-state index in [1.165, 1.54) is 11.5 Å². The number of amides is 1. The van der Waals surface area contributed by atoms with Crippen LogP contribution in [0, 0.1) is 0 Å². The number of hydrogen-bond donors (Lipinski definition) is 2. The first-order chi connectivity index (χ1) is 10.4. The molecule has 0 aliphatic heterocycles. The molecule has 0 aliphatic rings. The van der Waals surface area contributed by atoms with Gasteiger partial charge in [0.2, 0.25) is 5.13 Å². The Morgan fingerprint density at radius 2 is 2.09 bits per heavy atom. The molecule has 0 aliphatic carbocycles. The van der Waals surface area contributed by atoms with Gasteiger partial charge in [0.25, 0.3) is 5.91 Å². The maximum Gasteiger partial charge on any atom is 0.251 e. The van der Waals surface area contributed by atoms with Gasteiger partial charge >= 0.3 is 0 Å². The van der Waals surface area contributed by atoms with E-state index in [1.807, 2.05) is 12.1 Å². The molecule has 2 aromatic rings. The number of carbonyl (C=O) groups is 1. The molecule has 0 radical (unpaired) electrons. The van der Waals surface area contributed by atoms with Crippen molar-refractivity contribution >= 4 is 38.5 Å². The average Bonchev–Trinajstić information content (AvgIpc) is 2.92. The van der Waals surface area contributed by atoms with E-state index in [2.05, 4.69) is 56.7 Å². The summed E-state index contributed by atoms with van der Waals surface area (Å²) in [6.07, 6.45) is 0. The van der Waals surface area contributed by atoms with Crippen LogP contribution in [-0.4, -0.2) is 28.4 Å². The zero-order valence-corrected chi connectivity index (χ0v) is 15.2. The van der Waals surface area contributed by atoms with Crippen molar-refractivity contribution in [1.82, 2.24) is 14.7 Å². The van der Waals surface area contributed by atoms with E-state index in [0.717, 1.165) is 15.4 Å². The SMILES string of the molecule is CC(C)(C)c1nsc(NCCNC(=O)c2cccc(Br)c2)n1. The summed E-state index contributed by atoms with van der Waals surface area (Å²) >= 11 is 4.70. The van der Waals surface area contributed by atoms with Crippen LogP contribution in [0.2, 0.25) is 0 Å². The fraction of sp³-hybridized carbons (Fsp3) is 0.400. The van der Waals surface area contributed by atoms with Crippen molar-refractivity contribution in [2.24, 2.45) is 0 Å². The summed E-state index contributed by atoms with van der Waals surface area (Å²) in [6, 6.07) is 7.31. The lowest BCUT2D eigenvalue weighted by Gasteiger charge is -2.12. The molecule has 118 valence electrons. The molecule has 0 atom stereocenters. The summed E-state index contributed by atoms with van der Waals surface area (Å²) in [6.45, 7) is 7.37. The minimum atomic E-state index is -0.0873. The lowest BCUT2D eigenvalue weighted by molar-refractivity contribution is 0.0955. The van der Waals surface area contributed by atoms with Crippen LogP contribution in [0.3, 0.4) is 0 Å². The highest BCUT2D eigenvalue weighted by Gasteiger charge is 2.19. The van der Waals surface area contributed by atoms with Gasteiger partial charge in [-0.1, -0.05) is 42.8 Å². The van der Waals surface area contributed by atoms with Crippen LogP contribution in [0.15, 0.2) is 28.7 Å². The van der Waals surface area contributed by atoms with Gasteiger partial charge in [-0.25, -0.2) is 4.98 Å². The first-order valence-electron chi connectivity index (χ1n) is 6.98. The standard InChI is InChI=1S/C15H19BrN4OS/c1-15(2,3)13-19-14(22-20-13)18-8-7-17-12(21)10-5-4-6-11(16)9-10/h4-6,9H,7-8H2,1-3H3,(H,17,21)(H,18,19,20). The number of anilines is 1. The molecule has 0 unspecified atom stereocenters. The van der Waals surface area contributed by atoms with Crippen molar-refractivity contribution in [1.29, 1.82) is 0 Å². The van der Waals surface area contributed by atoms with E-state index in [-0.39, 0.29) is 11.3 Å². The number of nitrogens with zero attached hydrogens (tertiary/aromatic N) is 2. The summed E-state index contributed by atoms with van der Waals surface area (Å²) in [5, 5.41) is 6.82. The minimum absolute atomic E-state index is 0.0503. The number of hydrogen-bond acceptors (Lipinski definition) is 5. The third-order valence-corrected chi connectivity index (χ3v) is 4.04. The largest absolute Gasteiger partial charge is 0.359 e. The first-order valence-corrected chi connectivity index (χ1v) is 8.55. The highest BCUT2D eigenvalue weighted by molar-refractivity contribution is 9.10. The van der Waals surface area contributed by atoms with Crippen molar-refractivity contribution in [3.05, 3.63) is 40.1 Å². The zero-order valence-electron chi connectivity index (χ0n) is 12.8. The van der Waals surface area contributed by atoms with Crippen LogP contribution in [0.25, 0.3) is 0 Å². The minimum Gasteiger partial charge on any atom is -0.359 e. The average molecular weight is 383 g/mol. The van der Waals surface area contributed by atoms with Crippen LogP contribution in [0.5, 0.6) is 0 Å². The Bertz CT molecular complexity index is 651. The van der Waals surface area contributed by atoms with Crippen LogP contribution in [0.4, 0.5) is 5.13 Å². The summed E-state index contributed by atoms with van der Waals surface area (Å²) in [4.78, 5) is 16.4. The number of rotatable bonds is 5. The topological polar surface area (TPSA) is 66.9 Å². The van der Waals surface area contributed by atoms with Gasteiger partial charge in [-0.2, -0.15) is 4.37 Å². The Balaban J connectivity index is 1.77. The molecule has 2 rings (SSSR count). The molecular weight excluding hydrogens is 364 g/mol. The summed E-state index contributed by atoms with van der Waals surface area (Å²) in [5.74, 6) is 0.744. The number of halogens is 1. The fourth-order valence-corrected chi connectivity index (χ4v) is 2.86. The molecule has 1 amide bonds. The molecule has 0 bridgehead atoms. The van der Waals surface area contributed by atoms with Gasteiger partial charge < -0.3 is 10.6 Å². The second-order valence-corrected chi connectivity index (χ2v) is 7.53. The van der Waals surface area contributed by atoms with Crippen LogP contribution in [0.1, 0.15) is 37.0 Å². The van der Waals surface area contributed by atoms with Gasteiger partial charge in [-0.05, 0) is 18.2 Å². The second-order valence-electron chi connectivity index (χ2n) is 5.87. The molecule has 0 saturated heterocycles. The zero-order chi connectivity index (χ0) is 16.2. The van der Waals surface area contributed by atoms with Gasteiger partial charge in [-0.3, -0.25) is 4.79 Å². The lowest BCUT2D eigenvalue weighted by atomic mass is 9.96.